The number of piperazine rings is 1. The molecule has 0 aromatic carbocycles. The van der Waals surface area contributed by atoms with Gasteiger partial charge in [-0.25, -0.2) is 4.98 Å². The van der Waals surface area contributed by atoms with Crippen molar-refractivity contribution in [1.82, 2.24) is 15.2 Å². The Labute approximate surface area is 142 Å². The van der Waals surface area contributed by atoms with Crippen molar-refractivity contribution in [3.63, 3.8) is 0 Å². The maximum absolute atomic E-state index is 12.5. The summed E-state index contributed by atoms with van der Waals surface area (Å²) in [6.07, 6.45) is 1.66. The van der Waals surface area contributed by atoms with Crippen molar-refractivity contribution in [2.45, 2.75) is 6.92 Å². The van der Waals surface area contributed by atoms with Crippen molar-refractivity contribution in [1.29, 1.82) is 5.26 Å². The first-order valence-corrected chi connectivity index (χ1v) is 7.79. The van der Waals surface area contributed by atoms with Crippen LogP contribution in [0.4, 0.5) is 5.82 Å². The predicted octanol–water partition coefficient (Wildman–Crippen LogP) is 0.879. The average molecular weight is 336 g/mol. The summed E-state index contributed by atoms with van der Waals surface area (Å²) in [6.45, 7) is 6.93. The van der Waals surface area contributed by atoms with E-state index in [0.717, 1.165) is 45.1 Å². The normalized spacial score (nSPS) is 19.3. The predicted molar refractivity (Wildman–Crippen MR) is 90.5 cm³/mol. The van der Waals surface area contributed by atoms with Gasteiger partial charge in [0, 0.05) is 38.3 Å². The number of anilines is 1. The Morgan fingerprint density at radius 3 is 2.65 bits per heavy atom. The Kier molecular flexibility index (Phi) is 5.80. The van der Waals surface area contributed by atoms with Crippen LogP contribution in [0.5, 0.6) is 0 Å². The van der Waals surface area contributed by atoms with E-state index in [4.69, 9.17) is 5.26 Å². The van der Waals surface area contributed by atoms with Gasteiger partial charge in [0.1, 0.15) is 5.82 Å². The van der Waals surface area contributed by atoms with Gasteiger partial charge in [0.2, 0.25) is 5.91 Å². The highest BCUT2D eigenvalue weighted by Gasteiger charge is 2.32. The molecule has 23 heavy (non-hydrogen) atoms. The smallest absolute Gasteiger partial charge is 0.225 e. The fourth-order valence-electron chi connectivity index (χ4n) is 2.97. The average Bonchev–Trinajstić information content (AvgIpc) is 2.52. The molecule has 3 rings (SSSR count). The second-order valence-corrected chi connectivity index (χ2v) is 6.03. The number of pyridine rings is 1. The maximum atomic E-state index is 12.5. The third-order valence-electron chi connectivity index (χ3n) is 4.70. The van der Waals surface area contributed by atoms with Crippen LogP contribution in [0.3, 0.4) is 0 Å². The van der Waals surface area contributed by atoms with Crippen molar-refractivity contribution >= 4 is 24.1 Å². The van der Waals surface area contributed by atoms with Gasteiger partial charge in [0.05, 0.1) is 11.6 Å². The van der Waals surface area contributed by atoms with Crippen LogP contribution >= 0.6 is 12.4 Å². The van der Waals surface area contributed by atoms with Gasteiger partial charge in [-0.3, -0.25) is 4.79 Å². The van der Waals surface area contributed by atoms with Gasteiger partial charge in [-0.05, 0) is 31.1 Å². The number of nitrogens with zero attached hydrogens (tertiary/aromatic N) is 4. The molecule has 124 valence electrons. The largest absolute Gasteiger partial charge is 0.353 e. The van der Waals surface area contributed by atoms with Gasteiger partial charge >= 0.3 is 0 Å². The summed E-state index contributed by atoms with van der Waals surface area (Å²) in [6, 6.07) is 5.65. The highest BCUT2D eigenvalue weighted by atomic mass is 35.5. The van der Waals surface area contributed by atoms with Crippen molar-refractivity contribution in [3.05, 3.63) is 23.9 Å². The number of hydrogen-bond acceptors (Lipinski definition) is 5. The highest BCUT2D eigenvalue weighted by molar-refractivity contribution is 5.85. The minimum Gasteiger partial charge on any atom is -0.353 e. The molecule has 0 aliphatic carbocycles. The molecular formula is C16H22ClN5O. The van der Waals surface area contributed by atoms with Crippen molar-refractivity contribution in [2.75, 3.05) is 44.2 Å². The number of nitriles is 1. The van der Waals surface area contributed by atoms with Crippen LogP contribution in [-0.2, 0) is 4.79 Å². The van der Waals surface area contributed by atoms with Crippen LogP contribution in [0.15, 0.2) is 18.3 Å². The third kappa shape index (κ3) is 3.74. The van der Waals surface area contributed by atoms with Crippen LogP contribution in [0.1, 0.15) is 12.5 Å². The van der Waals surface area contributed by atoms with Crippen LogP contribution in [-0.4, -0.2) is 55.1 Å². The highest BCUT2D eigenvalue weighted by Crippen LogP contribution is 2.20. The number of carbonyl (C=O) groups is 1. The second-order valence-electron chi connectivity index (χ2n) is 6.03. The van der Waals surface area contributed by atoms with Gasteiger partial charge in [0.25, 0.3) is 0 Å². The van der Waals surface area contributed by atoms with Gasteiger partial charge in [0.15, 0.2) is 0 Å². The molecule has 0 saturated carbocycles. The molecule has 6 nitrogen and oxygen atoms in total. The molecule has 2 aliphatic rings. The van der Waals surface area contributed by atoms with Crippen molar-refractivity contribution in [2.24, 2.45) is 11.8 Å². The lowest BCUT2D eigenvalue weighted by Crippen LogP contribution is -2.54. The van der Waals surface area contributed by atoms with E-state index in [1.165, 1.54) is 0 Å². The molecule has 1 unspecified atom stereocenters. The van der Waals surface area contributed by atoms with Gasteiger partial charge in [-0.2, -0.15) is 5.26 Å². The number of nitrogens with one attached hydrogen (secondary N) is 1. The summed E-state index contributed by atoms with van der Waals surface area (Å²) in [5.41, 5.74) is 0.620. The van der Waals surface area contributed by atoms with Crippen LogP contribution < -0.4 is 10.2 Å². The number of hydrogen-bond donors (Lipinski definition) is 1. The molecule has 2 fully saturated rings. The van der Waals surface area contributed by atoms with Gasteiger partial charge in [-0.15, -0.1) is 12.4 Å². The number of aromatic nitrogens is 1. The molecule has 1 amide bonds. The topological polar surface area (TPSA) is 72.3 Å². The molecule has 2 aliphatic heterocycles. The summed E-state index contributed by atoms with van der Waals surface area (Å²) in [5, 5.41) is 12.2. The molecule has 1 aromatic heterocycles. The minimum atomic E-state index is 0. The fraction of sp³-hybridized carbons (Fsp3) is 0.562. The molecule has 1 N–H and O–H groups in total. The van der Waals surface area contributed by atoms with Gasteiger partial charge < -0.3 is 15.1 Å². The maximum Gasteiger partial charge on any atom is 0.225 e. The lowest BCUT2D eigenvalue weighted by Gasteiger charge is -2.39. The lowest BCUT2D eigenvalue weighted by atomic mass is 9.88. The Balaban J connectivity index is 0.00000192. The molecule has 2 saturated heterocycles. The van der Waals surface area contributed by atoms with E-state index in [9.17, 15) is 4.79 Å². The standard InChI is InChI=1S/C16H21N5O.ClH/c1-12(14-10-18-11-14)16(22)21-6-4-20(5-7-21)15-8-13(9-17)2-3-19-15;/h2-3,8,12,14,18H,4-7,10-11H2,1H3;1H. The Hall–Kier alpha value is -1.84. The molecule has 1 atom stereocenters. The fourth-order valence-corrected chi connectivity index (χ4v) is 2.97. The van der Waals surface area contributed by atoms with E-state index in [2.05, 4.69) is 21.3 Å². The molecule has 0 radical (unpaired) electrons. The zero-order valence-electron chi connectivity index (χ0n) is 13.2. The van der Waals surface area contributed by atoms with Crippen LogP contribution in [0.25, 0.3) is 0 Å². The van der Waals surface area contributed by atoms with Crippen LogP contribution in [0, 0.1) is 23.2 Å². The molecular weight excluding hydrogens is 314 g/mol. The minimum absolute atomic E-state index is 0. The van der Waals surface area contributed by atoms with E-state index in [1.54, 1.807) is 18.3 Å². The van der Waals surface area contributed by atoms with Crippen LogP contribution in [0.2, 0.25) is 0 Å². The van der Waals surface area contributed by atoms with E-state index in [-0.39, 0.29) is 24.2 Å². The SMILES string of the molecule is CC(C(=O)N1CCN(c2cc(C#N)ccn2)CC1)C1CNC1.Cl. The van der Waals surface area contributed by atoms with E-state index < -0.39 is 0 Å². The third-order valence-corrected chi connectivity index (χ3v) is 4.70. The van der Waals surface area contributed by atoms with Gasteiger partial charge in [-0.1, -0.05) is 6.92 Å². The number of carbonyl (C=O) groups excluding carboxylic acids is 1. The molecule has 1 aromatic rings. The summed E-state index contributed by atoms with van der Waals surface area (Å²) in [7, 11) is 0. The summed E-state index contributed by atoms with van der Waals surface area (Å²) in [4.78, 5) is 20.9. The van der Waals surface area contributed by atoms with Crippen molar-refractivity contribution < 1.29 is 4.79 Å². The first-order chi connectivity index (χ1) is 10.7. The molecule has 7 heteroatoms. The Bertz CT molecular complexity index is 590. The first-order valence-electron chi connectivity index (χ1n) is 7.79. The monoisotopic (exact) mass is 335 g/mol. The second kappa shape index (κ2) is 7.62. The summed E-state index contributed by atoms with van der Waals surface area (Å²) >= 11 is 0. The van der Waals surface area contributed by atoms with Crippen molar-refractivity contribution in [3.8, 4) is 6.07 Å². The molecule has 3 heterocycles. The Morgan fingerprint density at radius 2 is 2.09 bits per heavy atom. The zero-order chi connectivity index (χ0) is 15.5. The van der Waals surface area contributed by atoms with E-state index in [0.29, 0.717) is 11.5 Å². The Morgan fingerprint density at radius 1 is 1.39 bits per heavy atom. The number of rotatable bonds is 3. The first kappa shape index (κ1) is 17.5. The summed E-state index contributed by atoms with van der Waals surface area (Å²) < 4.78 is 0. The molecule has 0 bridgehead atoms. The quantitative estimate of drug-likeness (QED) is 0.887. The summed E-state index contributed by atoms with van der Waals surface area (Å²) in [5.74, 6) is 1.68. The number of amides is 1. The molecule has 0 spiro atoms. The lowest BCUT2D eigenvalue weighted by molar-refractivity contribution is -0.137. The zero-order valence-corrected chi connectivity index (χ0v) is 14.1. The van der Waals surface area contributed by atoms with E-state index in [1.807, 2.05) is 11.8 Å². The number of halogens is 1. The van der Waals surface area contributed by atoms with E-state index >= 15 is 0 Å².